The molecule has 0 bridgehead atoms. The Morgan fingerprint density at radius 1 is 1.18 bits per heavy atom. The summed E-state index contributed by atoms with van der Waals surface area (Å²) < 4.78 is 11.7. The molecule has 0 N–H and O–H groups in total. The quantitative estimate of drug-likeness (QED) is 0.722. The highest BCUT2D eigenvalue weighted by molar-refractivity contribution is 7.22. The van der Waals surface area contributed by atoms with Gasteiger partial charge < -0.3 is 14.4 Å². The third kappa shape index (κ3) is 2.82. The zero-order valence-electron chi connectivity index (χ0n) is 12.7. The van der Waals surface area contributed by atoms with Crippen molar-refractivity contribution in [2.45, 2.75) is 6.54 Å². The third-order valence-electron chi connectivity index (χ3n) is 3.35. The van der Waals surface area contributed by atoms with E-state index in [2.05, 4.69) is 20.9 Å². The molecule has 2 heterocycles. The van der Waals surface area contributed by atoms with Crippen LogP contribution in [0.15, 0.2) is 36.7 Å². The fraction of sp³-hybridized carbons (Fsp3) is 0.250. The van der Waals surface area contributed by atoms with E-state index in [1.165, 1.54) is 0 Å². The molecule has 0 aliphatic rings. The van der Waals surface area contributed by atoms with Crippen LogP contribution in [-0.2, 0) is 6.54 Å². The van der Waals surface area contributed by atoms with E-state index in [0.717, 1.165) is 33.2 Å². The molecule has 5 nitrogen and oxygen atoms in total. The summed E-state index contributed by atoms with van der Waals surface area (Å²) in [5, 5.41) is 0.953. The first-order valence-corrected chi connectivity index (χ1v) is 7.65. The summed E-state index contributed by atoms with van der Waals surface area (Å²) in [6, 6.07) is 7.87. The number of hydrogen-bond acceptors (Lipinski definition) is 6. The first kappa shape index (κ1) is 14.6. The molecule has 0 amide bonds. The first-order valence-electron chi connectivity index (χ1n) is 6.84. The van der Waals surface area contributed by atoms with Gasteiger partial charge in [-0.25, -0.2) is 4.98 Å². The molecule has 114 valence electrons. The van der Waals surface area contributed by atoms with Crippen molar-refractivity contribution < 1.29 is 9.47 Å². The molecule has 0 radical (unpaired) electrons. The Labute approximate surface area is 133 Å². The molecule has 0 aliphatic carbocycles. The van der Waals surface area contributed by atoms with Gasteiger partial charge in [0.15, 0.2) is 16.6 Å². The number of hydrogen-bond donors (Lipinski definition) is 0. The monoisotopic (exact) mass is 315 g/mol. The third-order valence-corrected chi connectivity index (χ3v) is 4.48. The van der Waals surface area contributed by atoms with Crippen molar-refractivity contribution in [3.63, 3.8) is 0 Å². The SMILES string of the molecule is COc1cc2nc(N(C)Cc3cccnc3)sc2cc1OC. The Morgan fingerprint density at radius 3 is 2.64 bits per heavy atom. The molecule has 0 spiro atoms. The molecule has 0 saturated heterocycles. The predicted molar refractivity (Wildman–Crippen MR) is 89.1 cm³/mol. The van der Waals surface area contributed by atoms with Crippen molar-refractivity contribution in [3.8, 4) is 11.5 Å². The van der Waals surface area contributed by atoms with E-state index in [-0.39, 0.29) is 0 Å². The fourth-order valence-electron chi connectivity index (χ4n) is 2.24. The smallest absolute Gasteiger partial charge is 0.186 e. The lowest BCUT2D eigenvalue weighted by Gasteiger charge is -2.14. The van der Waals surface area contributed by atoms with Crippen LogP contribution in [0.25, 0.3) is 10.2 Å². The van der Waals surface area contributed by atoms with Crippen molar-refractivity contribution in [3.05, 3.63) is 42.2 Å². The molecule has 3 rings (SSSR count). The molecule has 3 aromatic rings. The number of methoxy groups -OCH3 is 2. The van der Waals surface area contributed by atoms with Crippen LogP contribution in [0.3, 0.4) is 0 Å². The summed E-state index contributed by atoms with van der Waals surface area (Å²) >= 11 is 1.63. The van der Waals surface area contributed by atoms with Crippen LogP contribution in [0.1, 0.15) is 5.56 Å². The second-order valence-corrected chi connectivity index (χ2v) is 5.90. The van der Waals surface area contributed by atoms with Crippen LogP contribution in [0.5, 0.6) is 11.5 Å². The zero-order chi connectivity index (χ0) is 15.5. The van der Waals surface area contributed by atoms with E-state index >= 15 is 0 Å². The Kier molecular flexibility index (Phi) is 4.11. The molecule has 0 saturated carbocycles. The van der Waals surface area contributed by atoms with E-state index in [1.54, 1.807) is 31.8 Å². The van der Waals surface area contributed by atoms with E-state index in [1.807, 2.05) is 31.4 Å². The molecular weight excluding hydrogens is 298 g/mol. The molecule has 22 heavy (non-hydrogen) atoms. The van der Waals surface area contributed by atoms with Crippen LogP contribution in [0.4, 0.5) is 5.13 Å². The molecule has 0 aliphatic heterocycles. The van der Waals surface area contributed by atoms with Crippen molar-refractivity contribution >= 4 is 26.7 Å². The summed E-state index contributed by atoms with van der Waals surface area (Å²) in [6.07, 6.45) is 3.65. The number of aromatic nitrogens is 2. The Hall–Kier alpha value is -2.34. The summed E-state index contributed by atoms with van der Waals surface area (Å²) in [4.78, 5) is 10.9. The predicted octanol–water partition coefficient (Wildman–Crippen LogP) is 3.34. The van der Waals surface area contributed by atoms with Gasteiger partial charge in [0, 0.05) is 38.1 Å². The van der Waals surface area contributed by atoms with Gasteiger partial charge in [0.05, 0.1) is 24.4 Å². The van der Waals surface area contributed by atoms with Gasteiger partial charge in [-0.05, 0) is 11.6 Å². The molecule has 0 atom stereocenters. The number of pyridine rings is 1. The van der Waals surface area contributed by atoms with Crippen LogP contribution >= 0.6 is 11.3 Å². The lowest BCUT2D eigenvalue weighted by molar-refractivity contribution is 0.356. The second kappa shape index (κ2) is 6.19. The maximum atomic E-state index is 5.34. The number of rotatable bonds is 5. The average molecular weight is 315 g/mol. The normalized spacial score (nSPS) is 10.7. The number of ether oxygens (including phenoxy) is 2. The molecule has 6 heteroatoms. The van der Waals surface area contributed by atoms with Crippen molar-refractivity contribution in [2.75, 3.05) is 26.2 Å². The summed E-state index contributed by atoms with van der Waals surface area (Å²) in [5.41, 5.74) is 2.06. The highest BCUT2D eigenvalue weighted by Crippen LogP contribution is 2.37. The molecule has 0 unspecified atom stereocenters. The van der Waals surface area contributed by atoms with E-state index < -0.39 is 0 Å². The van der Waals surface area contributed by atoms with E-state index in [4.69, 9.17) is 9.47 Å². The van der Waals surface area contributed by atoms with Crippen molar-refractivity contribution in [1.82, 2.24) is 9.97 Å². The van der Waals surface area contributed by atoms with Gasteiger partial charge in [0.2, 0.25) is 0 Å². The minimum Gasteiger partial charge on any atom is -0.493 e. The van der Waals surface area contributed by atoms with E-state index in [9.17, 15) is 0 Å². The van der Waals surface area contributed by atoms with Gasteiger partial charge in [0.25, 0.3) is 0 Å². The van der Waals surface area contributed by atoms with Gasteiger partial charge in [-0.1, -0.05) is 17.4 Å². The van der Waals surface area contributed by atoms with Crippen LogP contribution in [-0.4, -0.2) is 31.2 Å². The van der Waals surface area contributed by atoms with Crippen molar-refractivity contribution in [2.24, 2.45) is 0 Å². The van der Waals surface area contributed by atoms with Crippen molar-refractivity contribution in [1.29, 1.82) is 0 Å². The molecule has 1 aromatic carbocycles. The maximum absolute atomic E-state index is 5.34. The van der Waals surface area contributed by atoms with E-state index in [0.29, 0.717) is 5.75 Å². The molecule has 0 fully saturated rings. The Morgan fingerprint density at radius 2 is 1.95 bits per heavy atom. The average Bonchev–Trinajstić information content (AvgIpc) is 2.97. The minimum absolute atomic E-state index is 0.696. The largest absolute Gasteiger partial charge is 0.493 e. The lowest BCUT2D eigenvalue weighted by Crippen LogP contribution is -2.15. The fourth-order valence-corrected chi connectivity index (χ4v) is 3.18. The van der Waals surface area contributed by atoms with Crippen LogP contribution < -0.4 is 14.4 Å². The van der Waals surface area contributed by atoms with Gasteiger partial charge in [-0.15, -0.1) is 0 Å². The Balaban J connectivity index is 1.91. The van der Waals surface area contributed by atoms with Gasteiger partial charge >= 0.3 is 0 Å². The number of thiazole rings is 1. The maximum Gasteiger partial charge on any atom is 0.186 e. The van der Waals surface area contributed by atoms with Gasteiger partial charge in [-0.3, -0.25) is 4.98 Å². The highest BCUT2D eigenvalue weighted by atomic mass is 32.1. The first-order chi connectivity index (χ1) is 10.7. The highest BCUT2D eigenvalue weighted by Gasteiger charge is 2.13. The molecular formula is C16H17N3O2S. The van der Waals surface area contributed by atoms with Crippen LogP contribution in [0.2, 0.25) is 0 Å². The second-order valence-electron chi connectivity index (χ2n) is 4.89. The zero-order valence-corrected chi connectivity index (χ0v) is 13.6. The van der Waals surface area contributed by atoms with Gasteiger partial charge in [-0.2, -0.15) is 0 Å². The Bertz CT molecular complexity index is 733. The number of nitrogens with zero attached hydrogens (tertiary/aromatic N) is 3. The standard InChI is InChI=1S/C16H17N3O2S/c1-19(10-11-5-4-6-17-9-11)16-18-12-7-13(20-2)14(21-3)8-15(12)22-16/h4-9H,10H2,1-3H3. The minimum atomic E-state index is 0.696. The summed E-state index contributed by atoms with van der Waals surface area (Å²) in [7, 11) is 5.30. The topological polar surface area (TPSA) is 47.5 Å². The van der Waals surface area contributed by atoms with Gasteiger partial charge in [0.1, 0.15) is 0 Å². The van der Waals surface area contributed by atoms with Crippen LogP contribution in [0, 0.1) is 0 Å². The summed E-state index contributed by atoms with van der Waals surface area (Å²) in [6.45, 7) is 0.766. The number of fused-ring (bicyclic) bond motifs is 1. The number of anilines is 1. The number of benzene rings is 1. The molecule has 2 aromatic heterocycles. The lowest BCUT2D eigenvalue weighted by atomic mass is 10.3. The summed E-state index contributed by atoms with van der Waals surface area (Å²) in [5.74, 6) is 1.42.